The Hall–Kier alpha value is -2.21. The summed E-state index contributed by atoms with van der Waals surface area (Å²) in [5, 5.41) is 21.9. The van der Waals surface area contributed by atoms with E-state index in [4.69, 9.17) is 15.2 Å². The molecular weight excluding hydrogens is 601 g/mol. The number of rotatable bonds is 9. The van der Waals surface area contributed by atoms with Crippen molar-refractivity contribution in [2.75, 3.05) is 39.5 Å². The number of nitrogens with two attached hydrogens (primary N) is 1. The second-order valence-electron chi connectivity index (χ2n) is 10.6. The van der Waals surface area contributed by atoms with E-state index in [0.717, 1.165) is 36.4 Å². The smallest absolute Gasteiger partial charge is 0.238 e. The van der Waals surface area contributed by atoms with E-state index >= 15 is 0 Å². The first-order valence-electron chi connectivity index (χ1n) is 13.3. The van der Waals surface area contributed by atoms with Gasteiger partial charge in [0.25, 0.3) is 0 Å². The number of sulfonamides is 1. The molecule has 0 aromatic heterocycles. The number of aliphatic hydroxyl groups excluding tert-OH is 1. The highest BCUT2D eigenvalue weighted by Gasteiger charge is 2.54. The summed E-state index contributed by atoms with van der Waals surface area (Å²) in [6, 6.07) is 0.587. The molecule has 4 rings (SSSR count). The lowest BCUT2D eigenvalue weighted by Crippen LogP contribution is -2.65. The minimum Gasteiger partial charge on any atom is -0.404 e. The SMILES string of the molecule is CCN(C)C(=O)C(SC1OC2COC2C(N=C/C(=C\N)c2cc(F)c(F)c(F)c2)C1O)C1(O)CCN(S(C)(=O)=O)CC1. The van der Waals surface area contributed by atoms with Crippen molar-refractivity contribution in [2.45, 2.75) is 60.4 Å². The highest BCUT2D eigenvalue weighted by molar-refractivity contribution is 8.01. The molecule has 6 unspecified atom stereocenters. The molecule has 6 atom stereocenters. The van der Waals surface area contributed by atoms with E-state index in [2.05, 4.69) is 4.99 Å². The van der Waals surface area contributed by atoms with Gasteiger partial charge in [0.2, 0.25) is 15.9 Å². The van der Waals surface area contributed by atoms with Gasteiger partial charge < -0.3 is 30.3 Å². The van der Waals surface area contributed by atoms with Crippen LogP contribution in [0.1, 0.15) is 25.3 Å². The second kappa shape index (κ2) is 12.8. The Labute approximate surface area is 246 Å². The normalized spacial score (nSPS) is 29.1. The van der Waals surface area contributed by atoms with Gasteiger partial charge in [-0.1, -0.05) is 0 Å². The molecule has 0 saturated carbocycles. The van der Waals surface area contributed by atoms with Crippen LogP contribution >= 0.6 is 11.8 Å². The maximum Gasteiger partial charge on any atom is 0.238 e. The maximum atomic E-state index is 13.8. The number of fused-ring (bicyclic) bond motifs is 1. The van der Waals surface area contributed by atoms with Crippen molar-refractivity contribution in [3.05, 3.63) is 41.3 Å². The molecule has 3 heterocycles. The van der Waals surface area contributed by atoms with E-state index < -0.39 is 74.0 Å². The topological polar surface area (TPSA) is 155 Å². The van der Waals surface area contributed by atoms with Crippen molar-refractivity contribution in [3.8, 4) is 0 Å². The first-order chi connectivity index (χ1) is 19.7. The molecule has 1 aromatic rings. The fraction of sp³-hybridized carbons (Fsp3) is 0.615. The van der Waals surface area contributed by atoms with Gasteiger partial charge in [-0.2, -0.15) is 0 Å². The summed E-state index contributed by atoms with van der Waals surface area (Å²) in [6.45, 7) is 2.35. The van der Waals surface area contributed by atoms with Crippen LogP contribution in [0.4, 0.5) is 13.2 Å². The monoisotopic (exact) mass is 636 g/mol. The standard InChI is InChI=1S/C26H35F3N4O7S2/c1-4-32(2)24(35)23(26(36)5-7-33(8-6-26)42(3,37)38)41-25-21(34)20(22-18(40-25)13-39-22)31-12-15(11-30)14-9-16(27)19(29)17(28)10-14/h9-12,18,20-23,25,34,36H,4-8,13,30H2,1-3H3/b15-11+,31-12?. The molecule has 42 heavy (non-hydrogen) atoms. The average Bonchev–Trinajstić information content (AvgIpc) is 2.92. The van der Waals surface area contributed by atoms with Crippen LogP contribution in [0.15, 0.2) is 23.3 Å². The number of piperidine rings is 1. The van der Waals surface area contributed by atoms with Gasteiger partial charge in [-0.15, -0.1) is 11.8 Å². The van der Waals surface area contributed by atoms with Crippen LogP contribution in [0.25, 0.3) is 5.57 Å². The summed E-state index contributed by atoms with van der Waals surface area (Å²) in [7, 11) is -1.91. The Kier molecular flexibility index (Phi) is 9.96. The third kappa shape index (κ3) is 6.64. The lowest BCUT2D eigenvalue weighted by atomic mass is 9.88. The number of hydrogen-bond acceptors (Lipinski definition) is 10. The van der Waals surface area contributed by atoms with Gasteiger partial charge >= 0.3 is 0 Å². The van der Waals surface area contributed by atoms with Crippen LogP contribution in [0.3, 0.4) is 0 Å². The van der Waals surface area contributed by atoms with Crippen LogP contribution in [0.5, 0.6) is 0 Å². The van der Waals surface area contributed by atoms with Gasteiger partial charge in [0.05, 0.1) is 18.5 Å². The number of carbonyl (C=O) groups excluding carboxylic acids is 1. The molecule has 1 aromatic carbocycles. The van der Waals surface area contributed by atoms with Crippen molar-refractivity contribution in [1.29, 1.82) is 0 Å². The molecule has 1 amide bonds. The molecular formula is C26H35F3N4O7S2. The minimum absolute atomic E-state index is 0.00393. The number of halogens is 3. The molecule has 0 bridgehead atoms. The molecule has 0 radical (unpaired) electrons. The fourth-order valence-corrected chi connectivity index (χ4v) is 7.52. The number of nitrogens with zero attached hydrogens (tertiary/aromatic N) is 3. The summed E-state index contributed by atoms with van der Waals surface area (Å²) in [4.78, 5) is 19.3. The summed E-state index contributed by atoms with van der Waals surface area (Å²) in [6.07, 6.45) is 0.774. The molecule has 11 nitrogen and oxygen atoms in total. The number of allylic oxidation sites excluding steroid dienone is 1. The predicted molar refractivity (Wildman–Crippen MR) is 150 cm³/mol. The average molecular weight is 637 g/mol. The third-order valence-electron chi connectivity index (χ3n) is 7.87. The molecule has 3 fully saturated rings. The Morgan fingerprint density at radius 3 is 2.43 bits per heavy atom. The van der Waals surface area contributed by atoms with Gasteiger partial charge in [0.15, 0.2) is 17.5 Å². The minimum atomic E-state index is -3.48. The van der Waals surface area contributed by atoms with E-state index in [1.54, 1.807) is 14.0 Å². The number of thioether (sulfide) groups is 1. The summed E-state index contributed by atoms with van der Waals surface area (Å²) in [5.74, 6) is -4.85. The van der Waals surface area contributed by atoms with Crippen molar-refractivity contribution in [1.82, 2.24) is 9.21 Å². The Morgan fingerprint density at radius 1 is 1.31 bits per heavy atom. The van der Waals surface area contributed by atoms with Crippen molar-refractivity contribution < 1.29 is 46.1 Å². The molecule has 0 spiro atoms. The quantitative estimate of drug-likeness (QED) is 0.262. The molecule has 3 aliphatic rings. The number of benzene rings is 1. The fourth-order valence-electron chi connectivity index (χ4n) is 5.09. The lowest BCUT2D eigenvalue weighted by molar-refractivity contribution is -0.251. The van der Waals surface area contributed by atoms with Gasteiger partial charge in [-0.25, -0.2) is 25.9 Å². The molecule has 234 valence electrons. The van der Waals surface area contributed by atoms with E-state index in [-0.39, 0.29) is 43.7 Å². The van der Waals surface area contributed by atoms with Crippen LogP contribution in [0.2, 0.25) is 0 Å². The van der Waals surface area contributed by atoms with Gasteiger partial charge in [0.1, 0.15) is 35.0 Å². The number of amides is 1. The Morgan fingerprint density at radius 2 is 1.93 bits per heavy atom. The van der Waals surface area contributed by atoms with Crippen LogP contribution in [0, 0.1) is 17.5 Å². The first-order valence-corrected chi connectivity index (χ1v) is 16.1. The summed E-state index contributed by atoms with van der Waals surface area (Å²) < 4.78 is 77.9. The highest BCUT2D eigenvalue weighted by Crippen LogP contribution is 2.42. The van der Waals surface area contributed by atoms with Gasteiger partial charge in [-0.3, -0.25) is 9.79 Å². The Bertz CT molecular complexity index is 1320. The maximum absolute atomic E-state index is 13.8. The van der Waals surface area contributed by atoms with Crippen molar-refractivity contribution in [2.24, 2.45) is 10.7 Å². The van der Waals surface area contributed by atoms with Crippen molar-refractivity contribution >= 4 is 39.5 Å². The molecule has 3 aliphatic heterocycles. The lowest BCUT2D eigenvalue weighted by Gasteiger charge is -2.50. The number of hydrogen-bond donors (Lipinski definition) is 3. The molecule has 4 N–H and O–H groups in total. The molecule has 3 saturated heterocycles. The largest absolute Gasteiger partial charge is 0.404 e. The first kappa shape index (κ1) is 32.7. The van der Waals surface area contributed by atoms with E-state index in [1.165, 1.54) is 15.4 Å². The predicted octanol–water partition coefficient (Wildman–Crippen LogP) is 0.694. The molecule has 16 heteroatoms. The van der Waals surface area contributed by atoms with Crippen LogP contribution in [-0.2, 0) is 24.3 Å². The zero-order chi connectivity index (χ0) is 31.0. The van der Waals surface area contributed by atoms with E-state index in [1.807, 2.05) is 0 Å². The summed E-state index contributed by atoms with van der Waals surface area (Å²) >= 11 is 0.934. The van der Waals surface area contributed by atoms with Gasteiger partial charge in [-0.05, 0) is 37.5 Å². The molecule has 0 aliphatic carbocycles. The second-order valence-corrected chi connectivity index (χ2v) is 13.8. The van der Waals surface area contributed by atoms with Crippen LogP contribution in [-0.4, -0.2) is 120 Å². The highest BCUT2D eigenvalue weighted by atomic mass is 32.2. The van der Waals surface area contributed by atoms with E-state index in [0.29, 0.717) is 6.54 Å². The van der Waals surface area contributed by atoms with Gasteiger partial charge in [0, 0.05) is 44.7 Å². The Balaban J connectivity index is 1.57. The summed E-state index contributed by atoms with van der Waals surface area (Å²) in [5.41, 5.74) is 2.99. The zero-order valence-electron chi connectivity index (χ0n) is 23.3. The number of aliphatic imine (C=N–C) groups is 1. The number of ether oxygens (including phenoxy) is 2. The van der Waals surface area contributed by atoms with Crippen molar-refractivity contribution in [3.63, 3.8) is 0 Å². The number of carbonyl (C=O) groups is 1. The number of aliphatic hydroxyl groups is 2. The van der Waals surface area contributed by atoms with E-state index in [9.17, 15) is 36.6 Å². The zero-order valence-corrected chi connectivity index (χ0v) is 25.0. The third-order valence-corrected chi connectivity index (χ3v) is 10.7. The van der Waals surface area contributed by atoms with Crippen LogP contribution < -0.4 is 5.73 Å².